The number of rotatable bonds is 5. The number of aliphatic hydroxyl groups excluding tert-OH is 2. The third-order valence-corrected chi connectivity index (χ3v) is 4.07. The normalized spacial score (nSPS) is 19.8. The predicted molar refractivity (Wildman–Crippen MR) is 72.8 cm³/mol. The monoisotopic (exact) mass is 277 g/mol. The van der Waals surface area contributed by atoms with Crippen LogP contribution in [-0.2, 0) is 9.59 Å². The molecule has 20 heavy (non-hydrogen) atoms. The lowest BCUT2D eigenvalue weighted by Gasteiger charge is -2.37. The lowest BCUT2D eigenvalue weighted by Crippen LogP contribution is -2.56. The van der Waals surface area contributed by atoms with Gasteiger partial charge in [-0.15, -0.1) is 0 Å². The number of imide groups is 1. The molecule has 1 aromatic carbocycles. The Kier molecular flexibility index (Phi) is 4.20. The molecule has 1 atom stereocenters. The van der Waals surface area contributed by atoms with E-state index in [0.717, 1.165) is 10.5 Å². The van der Waals surface area contributed by atoms with Crippen LogP contribution < -0.4 is 0 Å². The first kappa shape index (κ1) is 14.7. The Morgan fingerprint density at radius 1 is 1.20 bits per heavy atom. The molecule has 1 heterocycles. The van der Waals surface area contributed by atoms with Gasteiger partial charge in [-0.2, -0.15) is 0 Å². The van der Waals surface area contributed by atoms with Crippen molar-refractivity contribution in [3.05, 3.63) is 35.9 Å². The van der Waals surface area contributed by atoms with Crippen molar-refractivity contribution in [1.82, 2.24) is 4.90 Å². The highest BCUT2D eigenvalue weighted by Gasteiger charge is 2.49. The minimum absolute atomic E-state index is 0.0879. The maximum absolute atomic E-state index is 12.5. The summed E-state index contributed by atoms with van der Waals surface area (Å²) in [4.78, 5) is 25.8. The molecule has 0 aromatic heterocycles. The van der Waals surface area contributed by atoms with Crippen LogP contribution in [0.2, 0.25) is 0 Å². The SMILES string of the molecule is CCC(CO)(CO)N1C(=O)CC(c2ccccc2)C1=O. The zero-order chi connectivity index (χ0) is 14.8. The fraction of sp³-hybridized carbons (Fsp3) is 0.467. The highest BCUT2D eigenvalue weighted by Crippen LogP contribution is 2.35. The lowest BCUT2D eigenvalue weighted by molar-refractivity contribution is -0.151. The number of aliphatic hydroxyl groups is 2. The highest BCUT2D eigenvalue weighted by molar-refractivity contribution is 6.07. The minimum atomic E-state index is -1.20. The molecule has 1 aliphatic rings. The van der Waals surface area contributed by atoms with E-state index in [4.69, 9.17) is 0 Å². The van der Waals surface area contributed by atoms with Crippen LogP contribution in [0.5, 0.6) is 0 Å². The number of likely N-dealkylation sites (tertiary alicyclic amines) is 1. The van der Waals surface area contributed by atoms with Crippen molar-refractivity contribution < 1.29 is 19.8 Å². The van der Waals surface area contributed by atoms with E-state index in [1.54, 1.807) is 6.92 Å². The Labute approximate surface area is 117 Å². The van der Waals surface area contributed by atoms with Crippen molar-refractivity contribution in [2.24, 2.45) is 0 Å². The summed E-state index contributed by atoms with van der Waals surface area (Å²) in [6.45, 7) is 0.876. The van der Waals surface area contributed by atoms with Crippen LogP contribution in [0.25, 0.3) is 0 Å². The fourth-order valence-corrected chi connectivity index (χ4v) is 2.65. The van der Waals surface area contributed by atoms with Gasteiger partial charge in [0.25, 0.3) is 0 Å². The van der Waals surface area contributed by atoms with Crippen LogP contribution in [-0.4, -0.2) is 45.7 Å². The van der Waals surface area contributed by atoms with Gasteiger partial charge in [0, 0.05) is 6.42 Å². The van der Waals surface area contributed by atoms with Gasteiger partial charge < -0.3 is 10.2 Å². The molecular weight excluding hydrogens is 258 g/mol. The van der Waals surface area contributed by atoms with Crippen molar-refractivity contribution in [2.45, 2.75) is 31.2 Å². The van der Waals surface area contributed by atoms with E-state index >= 15 is 0 Å². The number of nitrogens with zero attached hydrogens (tertiary/aromatic N) is 1. The van der Waals surface area contributed by atoms with E-state index in [1.165, 1.54) is 0 Å². The summed E-state index contributed by atoms with van der Waals surface area (Å²) >= 11 is 0. The minimum Gasteiger partial charge on any atom is -0.394 e. The van der Waals surface area contributed by atoms with Gasteiger partial charge >= 0.3 is 0 Å². The van der Waals surface area contributed by atoms with E-state index in [1.807, 2.05) is 30.3 Å². The summed E-state index contributed by atoms with van der Waals surface area (Å²) < 4.78 is 0. The van der Waals surface area contributed by atoms with Gasteiger partial charge in [-0.05, 0) is 12.0 Å². The molecule has 2 amide bonds. The van der Waals surface area contributed by atoms with Crippen molar-refractivity contribution in [2.75, 3.05) is 13.2 Å². The largest absolute Gasteiger partial charge is 0.394 e. The van der Waals surface area contributed by atoms with Gasteiger partial charge in [-0.25, -0.2) is 0 Å². The van der Waals surface area contributed by atoms with E-state index in [9.17, 15) is 19.8 Å². The molecule has 0 spiro atoms. The third-order valence-electron chi connectivity index (χ3n) is 4.07. The molecule has 2 N–H and O–H groups in total. The summed E-state index contributed by atoms with van der Waals surface area (Å²) in [7, 11) is 0. The second-order valence-electron chi connectivity index (χ2n) is 5.13. The first-order valence-electron chi connectivity index (χ1n) is 6.73. The number of amides is 2. The fourth-order valence-electron chi connectivity index (χ4n) is 2.65. The number of carbonyl (C=O) groups is 2. The average molecular weight is 277 g/mol. The van der Waals surface area contributed by atoms with E-state index in [-0.39, 0.29) is 18.2 Å². The van der Waals surface area contributed by atoms with Crippen LogP contribution in [0.3, 0.4) is 0 Å². The number of benzene rings is 1. The van der Waals surface area contributed by atoms with Crippen LogP contribution in [0.1, 0.15) is 31.2 Å². The molecule has 108 valence electrons. The summed E-state index contributed by atoms with van der Waals surface area (Å²) in [5.41, 5.74) is -0.410. The molecule has 1 fully saturated rings. The Hall–Kier alpha value is -1.72. The van der Waals surface area contributed by atoms with E-state index in [0.29, 0.717) is 6.42 Å². The maximum Gasteiger partial charge on any atom is 0.237 e. The molecule has 5 nitrogen and oxygen atoms in total. The molecular formula is C15H19NO4. The second kappa shape index (κ2) is 5.73. The summed E-state index contributed by atoms with van der Waals surface area (Å²) in [6, 6.07) is 9.11. The Morgan fingerprint density at radius 3 is 2.30 bits per heavy atom. The van der Waals surface area contributed by atoms with Crippen LogP contribution in [0.4, 0.5) is 0 Å². The second-order valence-corrected chi connectivity index (χ2v) is 5.13. The Bertz CT molecular complexity index is 488. The first-order chi connectivity index (χ1) is 9.59. The van der Waals surface area contributed by atoms with Gasteiger partial charge in [0.05, 0.1) is 24.7 Å². The van der Waals surface area contributed by atoms with Crippen molar-refractivity contribution in [3.63, 3.8) is 0 Å². The van der Waals surface area contributed by atoms with Gasteiger partial charge in [-0.3, -0.25) is 14.5 Å². The molecule has 1 aliphatic heterocycles. The summed E-state index contributed by atoms with van der Waals surface area (Å²) in [5, 5.41) is 19.0. The van der Waals surface area contributed by atoms with Gasteiger partial charge in [0.1, 0.15) is 0 Å². The third kappa shape index (κ3) is 2.23. The smallest absolute Gasteiger partial charge is 0.237 e. The maximum atomic E-state index is 12.5. The highest BCUT2D eigenvalue weighted by atomic mass is 16.3. The van der Waals surface area contributed by atoms with E-state index in [2.05, 4.69) is 0 Å². The van der Waals surface area contributed by atoms with Gasteiger partial charge in [0.15, 0.2) is 0 Å². The standard InChI is InChI=1S/C15H19NO4/c1-2-15(9-17,10-18)16-13(19)8-12(14(16)20)11-6-4-3-5-7-11/h3-7,12,17-18H,2,8-10H2,1H3. The van der Waals surface area contributed by atoms with Crippen LogP contribution >= 0.6 is 0 Å². The van der Waals surface area contributed by atoms with Crippen molar-refractivity contribution in [1.29, 1.82) is 0 Å². The molecule has 1 aromatic rings. The van der Waals surface area contributed by atoms with Crippen molar-refractivity contribution >= 4 is 11.8 Å². The van der Waals surface area contributed by atoms with E-state index < -0.39 is 24.7 Å². The Morgan fingerprint density at radius 2 is 1.80 bits per heavy atom. The zero-order valence-electron chi connectivity index (χ0n) is 11.5. The number of hydrogen-bond acceptors (Lipinski definition) is 4. The topological polar surface area (TPSA) is 77.8 Å². The first-order valence-corrected chi connectivity index (χ1v) is 6.73. The molecule has 0 saturated carbocycles. The lowest BCUT2D eigenvalue weighted by atomic mass is 9.94. The molecule has 2 rings (SSSR count). The number of hydrogen-bond donors (Lipinski definition) is 2. The zero-order valence-corrected chi connectivity index (χ0v) is 11.5. The molecule has 1 unspecified atom stereocenters. The average Bonchev–Trinajstić information content (AvgIpc) is 2.79. The molecule has 0 aliphatic carbocycles. The molecule has 1 saturated heterocycles. The van der Waals surface area contributed by atoms with Gasteiger partial charge in [-0.1, -0.05) is 37.3 Å². The Balaban J connectivity index is 2.34. The van der Waals surface area contributed by atoms with Crippen LogP contribution in [0, 0.1) is 0 Å². The predicted octanol–water partition coefficient (Wildman–Crippen LogP) is 0.662. The molecule has 0 bridgehead atoms. The van der Waals surface area contributed by atoms with Crippen molar-refractivity contribution in [3.8, 4) is 0 Å². The summed E-state index contributed by atoms with van der Waals surface area (Å²) in [5.74, 6) is -1.20. The molecule has 0 radical (unpaired) electrons. The van der Waals surface area contributed by atoms with Crippen LogP contribution in [0.15, 0.2) is 30.3 Å². The van der Waals surface area contributed by atoms with Gasteiger partial charge in [0.2, 0.25) is 11.8 Å². The quantitative estimate of drug-likeness (QED) is 0.775. The molecule has 5 heteroatoms. The summed E-state index contributed by atoms with van der Waals surface area (Å²) in [6.07, 6.45) is 0.406. The number of carbonyl (C=O) groups excluding carboxylic acids is 2.